The van der Waals surface area contributed by atoms with Crippen LogP contribution in [0.5, 0.6) is 17.2 Å². The lowest BCUT2D eigenvalue weighted by atomic mass is 9.73. The van der Waals surface area contributed by atoms with Crippen molar-refractivity contribution in [2.75, 3.05) is 26.6 Å². The summed E-state index contributed by atoms with van der Waals surface area (Å²) in [6.45, 7) is 4.16. The maximum Gasteiger partial charge on any atom is 0.226 e. The Morgan fingerprint density at radius 1 is 1.06 bits per heavy atom. The first-order valence-corrected chi connectivity index (χ1v) is 12.2. The van der Waals surface area contributed by atoms with E-state index >= 15 is 0 Å². The molecule has 1 aliphatic heterocycles. The van der Waals surface area contributed by atoms with Gasteiger partial charge in [-0.2, -0.15) is 4.98 Å². The molecule has 0 radical (unpaired) electrons. The molecule has 0 fully saturated rings. The molecule has 1 atom stereocenters. The van der Waals surface area contributed by atoms with E-state index in [9.17, 15) is 4.79 Å². The van der Waals surface area contributed by atoms with Crippen LogP contribution < -0.4 is 19.5 Å². The second kappa shape index (κ2) is 9.01. The Morgan fingerprint density at radius 2 is 1.75 bits per heavy atom. The molecule has 0 spiro atoms. The van der Waals surface area contributed by atoms with Crippen molar-refractivity contribution in [1.29, 1.82) is 0 Å². The number of fused-ring (bicyclic) bond motifs is 1. The normalized spacial score (nSPS) is 18.3. The maximum atomic E-state index is 13.5. The Morgan fingerprint density at radius 3 is 2.39 bits per heavy atom. The number of hydrogen-bond acceptors (Lipinski definition) is 7. The van der Waals surface area contributed by atoms with Crippen LogP contribution in [0.2, 0.25) is 10.0 Å². The first-order valence-electron chi connectivity index (χ1n) is 11.4. The van der Waals surface area contributed by atoms with Gasteiger partial charge in [-0.1, -0.05) is 49.2 Å². The number of rotatable bonds is 5. The number of nitrogens with zero attached hydrogens (tertiary/aromatic N) is 3. The summed E-state index contributed by atoms with van der Waals surface area (Å²) in [5.41, 5.74) is 2.62. The molecule has 2 aliphatic rings. The van der Waals surface area contributed by atoms with Crippen molar-refractivity contribution in [3.05, 3.63) is 57.2 Å². The van der Waals surface area contributed by atoms with Crippen LogP contribution in [0.3, 0.4) is 0 Å². The Hall–Kier alpha value is -3.23. The van der Waals surface area contributed by atoms with Gasteiger partial charge in [0, 0.05) is 28.8 Å². The maximum absolute atomic E-state index is 13.5. The van der Waals surface area contributed by atoms with Crippen LogP contribution in [0, 0.1) is 5.41 Å². The van der Waals surface area contributed by atoms with Crippen molar-refractivity contribution in [2.24, 2.45) is 5.41 Å². The fourth-order valence-electron chi connectivity index (χ4n) is 4.96. The number of ketones is 1. The molecule has 8 nitrogen and oxygen atoms in total. The fourth-order valence-corrected chi connectivity index (χ4v) is 5.37. The van der Waals surface area contributed by atoms with Crippen LogP contribution in [0.15, 0.2) is 41.6 Å². The van der Waals surface area contributed by atoms with Gasteiger partial charge >= 0.3 is 0 Å². The largest absolute Gasteiger partial charge is 0.493 e. The third-order valence-electron chi connectivity index (χ3n) is 6.53. The Labute approximate surface area is 219 Å². The third kappa shape index (κ3) is 3.98. The van der Waals surface area contributed by atoms with Crippen molar-refractivity contribution in [3.8, 4) is 28.6 Å². The van der Waals surface area contributed by atoms with Crippen LogP contribution in [0.25, 0.3) is 11.4 Å². The van der Waals surface area contributed by atoms with Crippen molar-refractivity contribution in [1.82, 2.24) is 14.8 Å². The number of benzene rings is 2. The predicted molar refractivity (Wildman–Crippen MR) is 138 cm³/mol. The lowest BCUT2D eigenvalue weighted by molar-refractivity contribution is -0.118. The zero-order valence-corrected chi connectivity index (χ0v) is 22.1. The summed E-state index contributed by atoms with van der Waals surface area (Å²) in [5.74, 6) is 2.41. The van der Waals surface area contributed by atoms with Gasteiger partial charge in [0.25, 0.3) is 0 Å². The highest BCUT2D eigenvalue weighted by Crippen LogP contribution is 2.48. The average Bonchev–Trinajstić information content (AvgIpc) is 3.26. The number of nitrogens with one attached hydrogen (secondary N) is 1. The quantitative estimate of drug-likeness (QED) is 0.438. The summed E-state index contributed by atoms with van der Waals surface area (Å²) < 4.78 is 18.2. The number of halogens is 2. The number of carbonyl (C=O) groups excluding carboxylic acids is 1. The molecule has 0 bridgehead atoms. The molecule has 36 heavy (non-hydrogen) atoms. The number of Topliss-reactive ketones (excluding diaryl/α,β-unsaturated/α-hetero) is 1. The Kier molecular flexibility index (Phi) is 6.12. The summed E-state index contributed by atoms with van der Waals surface area (Å²) in [5, 5.41) is 8.98. The Bertz CT molecular complexity index is 1390. The molecule has 188 valence electrons. The van der Waals surface area contributed by atoms with Crippen molar-refractivity contribution < 1.29 is 19.0 Å². The summed E-state index contributed by atoms with van der Waals surface area (Å²) in [7, 11) is 4.65. The molecule has 0 saturated carbocycles. The predicted octanol–water partition coefficient (Wildman–Crippen LogP) is 5.94. The highest BCUT2D eigenvalue weighted by molar-refractivity contribution is 6.42. The van der Waals surface area contributed by atoms with Crippen molar-refractivity contribution in [2.45, 2.75) is 32.7 Å². The summed E-state index contributed by atoms with van der Waals surface area (Å²) in [6, 6.07) is 8.40. The number of anilines is 1. The van der Waals surface area contributed by atoms with Crippen LogP contribution in [-0.4, -0.2) is 41.9 Å². The molecule has 2 aromatic carbocycles. The topological polar surface area (TPSA) is 87.5 Å². The molecular weight excluding hydrogens is 503 g/mol. The van der Waals surface area contributed by atoms with E-state index in [1.165, 1.54) is 0 Å². The van der Waals surface area contributed by atoms with E-state index in [2.05, 4.69) is 19.2 Å². The molecule has 3 aromatic rings. The van der Waals surface area contributed by atoms with Gasteiger partial charge in [0.2, 0.25) is 11.7 Å². The molecule has 1 N–H and O–H groups in total. The van der Waals surface area contributed by atoms with Gasteiger partial charge < -0.3 is 19.5 Å². The number of aromatic nitrogens is 3. The van der Waals surface area contributed by atoms with Crippen LogP contribution in [0.4, 0.5) is 5.95 Å². The highest BCUT2D eigenvalue weighted by Gasteiger charge is 2.42. The van der Waals surface area contributed by atoms with Gasteiger partial charge in [-0.15, -0.1) is 5.10 Å². The number of hydrogen-bond donors (Lipinski definition) is 1. The number of methoxy groups -OCH3 is 3. The van der Waals surface area contributed by atoms with E-state index in [0.717, 1.165) is 5.70 Å². The van der Waals surface area contributed by atoms with Gasteiger partial charge in [-0.3, -0.25) is 4.79 Å². The van der Waals surface area contributed by atoms with Gasteiger partial charge in [0.1, 0.15) is 6.04 Å². The van der Waals surface area contributed by atoms with Crippen molar-refractivity contribution >= 4 is 34.9 Å². The highest BCUT2D eigenvalue weighted by atomic mass is 35.5. The second-order valence-electron chi connectivity index (χ2n) is 9.62. The van der Waals surface area contributed by atoms with Gasteiger partial charge in [0.15, 0.2) is 23.1 Å². The Balaban J connectivity index is 1.71. The lowest BCUT2D eigenvalue weighted by Crippen LogP contribution is -2.36. The monoisotopic (exact) mass is 528 g/mol. The average molecular weight is 529 g/mol. The van der Waals surface area contributed by atoms with Crippen molar-refractivity contribution in [3.63, 3.8) is 0 Å². The zero-order chi connectivity index (χ0) is 25.8. The molecule has 0 amide bonds. The summed E-state index contributed by atoms with van der Waals surface area (Å²) in [6.07, 6.45) is 1.11. The van der Waals surface area contributed by atoms with Gasteiger partial charge in [0.05, 0.1) is 31.4 Å². The standard InChI is InChI=1S/C26H26Cl2N4O4/c1-26(2)11-16-20(17(33)12-26)22(14-7-6-8-15(27)21(14)28)32-25(29-16)30-24(31-32)13-9-18(34-3)23(36-5)19(10-13)35-4/h6-10,22H,11-12H2,1-5H3,(H,29,30,31). The zero-order valence-electron chi connectivity index (χ0n) is 20.6. The van der Waals surface area contributed by atoms with Crippen LogP contribution in [0.1, 0.15) is 38.3 Å². The molecule has 5 rings (SSSR count). The van der Waals surface area contributed by atoms with Gasteiger partial charge in [-0.05, 0) is 30.0 Å². The van der Waals surface area contributed by atoms with E-state index in [4.69, 9.17) is 47.5 Å². The van der Waals surface area contributed by atoms with E-state index in [1.807, 2.05) is 12.1 Å². The lowest BCUT2D eigenvalue weighted by Gasteiger charge is -2.38. The minimum atomic E-state index is -0.575. The molecule has 1 aliphatic carbocycles. The van der Waals surface area contributed by atoms with Gasteiger partial charge in [-0.25, -0.2) is 4.68 Å². The minimum absolute atomic E-state index is 0.0466. The molecule has 0 saturated heterocycles. The fraction of sp³-hybridized carbons (Fsp3) is 0.346. The number of allylic oxidation sites excluding steroid dienone is 2. The van der Waals surface area contributed by atoms with Crippen LogP contribution in [-0.2, 0) is 4.79 Å². The molecular formula is C26H26Cl2N4O4. The molecule has 1 aromatic heterocycles. The molecule has 2 heterocycles. The minimum Gasteiger partial charge on any atom is -0.493 e. The molecule has 1 unspecified atom stereocenters. The molecule has 10 heteroatoms. The second-order valence-corrected chi connectivity index (χ2v) is 10.4. The van der Waals surface area contributed by atoms with Crippen LogP contribution >= 0.6 is 23.2 Å². The number of ether oxygens (including phenoxy) is 3. The van der Waals surface area contributed by atoms with E-state index in [1.54, 1.807) is 44.2 Å². The summed E-state index contributed by atoms with van der Waals surface area (Å²) in [4.78, 5) is 18.3. The smallest absolute Gasteiger partial charge is 0.226 e. The first-order chi connectivity index (χ1) is 17.2. The number of carbonyl (C=O) groups is 1. The third-order valence-corrected chi connectivity index (χ3v) is 7.36. The van der Waals surface area contributed by atoms with E-state index in [0.29, 0.717) is 68.6 Å². The van der Waals surface area contributed by atoms with E-state index in [-0.39, 0.29) is 11.2 Å². The summed E-state index contributed by atoms with van der Waals surface area (Å²) >= 11 is 13.0. The SMILES string of the molecule is COc1cc(-c2nc3n(n2)C(c2cccc(Cl)c2Cl)C2=C(CC(C)(C)CC2=O)N3)cc(OC)c1OC. The first kappa shape index (κ1) is 24.5. The van der Waals surface area contributed by atoms with E-state index < -0.39 is 6.04 Å².